The molecule has 0 radical (unpaired) electrons. The van der Waals surface area contributed by atoms with Gasteiger partial charge in [-0.2, -0.15) is 0 Å². The van der Waals surface area contributed by atoms with E-state index in [2.05, 4.69) is 0 Å². The SMILES string of the molecule is NCCC1(O)CCc2ccoc21. The van der Waals surface area contributed by atoms with Gasteiger partial charge in [0.15, 0.2) is 0 Å². The fraction of sp³-hybridized carbons (Fsp3) is 0.556. The van der Waals surface area contributed by atoms with Crippen LogP contribution in [0.1, 0.15) is 24.2 Å². The topological polar surface area (TPSA) is 59.4 Å². The second-order valence-corrected chi connectivity index (χ2v) is 3.35. The summed E-state index contributed by atoms with van der Waals surface area (Å²) in [5, 5.41) is 10.1. The molecule has 0 saturated heterocycles. The summed E-state index contributed by atoms with van der Waals surface area (Å²) in [5.74, 6) is 0.730. The predicted octanol–water partition coefficient (Wildman–Crippen LogP) is 0.762. The molecule has 0 amide bonds. The van der Waals surface area contributed by atoms with Gasteiger partial charge in [-0.05, 0) is 37.4 Å². The number of fused-ring (bicyclic) bond motifs is 1. The summed E-state index contributed by atoms with van der Waals surface area (Å²) in [4.78, 5) is 0. The first-order valence-electron chi connectivity index (χ1n) is 4.25. The predicted molar refractivity (Wildman–Crippen MR) is 44.6 cm³/mol. The van der Waals surface area contributed by atoms with Crippen LogP contribution in [0, 0.1) is 0 Å². The van der Waals surface area contributed by atoms with E-state index in [1.54, 1.807) is 6.26 Å². The first-order valence-corrected chi connectivity index (χ1v) is 4.25. The van der Waals surface area contributed by atoms with E-state index in [1.807, 2.05) is 6.07 Å². The van der Waals surface area contributed by atoms with Crippen LogP contribution in [0.25, 0.3) is 0 Å². The highest BCUT2D eigenvalue weighted by molar-refractivity contribution is 5.28. The molecule has 0 spiro atoms. The molecule has 0 fully saturated rings. The Hall–Kier alpha value is -0.800. The summed E-state index contributed by atoms with van der Waals surface area (Å²) in [7, 11) is 0. The Morgan fingerprint density at radius 2 is 2.50 bits per heavy atom. The van der Waals surface area contributed by atoms with Gasteiger partial charge < -0.3 is 15.3 Å². The monoisotopic (exact) mass is 167 g/mol. The van der Waals surface area contributed by atoms with Gasteiger partial charge in [0.1, 0.15) is 11.4 Å². The van der Waals surface area contributed by atoms with Gasteiger partial charge in [-0.1, -0.05) is 0 Å². The molecular weight excluding hydrogens is 154 g/mol. The van der Waals surface area contributed by atoms with Gasteiger partial charge in [-0.15, -0.1) is 0 Å². The minimum atomic E-state index is -0.784. The Kier molecular flexibility index (Phi) is 1.70. The summed E-state index contributed by atoms with van der Waals surface area (Å²) < 4.78 is 5.24. The normalized spacial score (nSPS) is 27.5. The van der Waals surface area contributed by atoms with Gasteiger partial charge in [0.25, 0.3) is 0 Å². The summed E-state index contributed by atoms with van der Waals surface area (Å²) in [5.41, 5.74) is 5.76. The molecule has 3 N–H and O–H groups in total. The quantitative estimate of drug-likeness (QED) is 0.683. The van der Waals surface area contributed by atoms with Crippen LogP contribution in [0.15, 0.2) is 16.7 Å². The highest BCUT2D eigenvalue weighted by atomic mass is 16.4. The van der Waals surface area contributed by atoms with Crippen molar-refractivity contribution in [3.05, 3.63) is 23.7 Å². The summed E-state index contributed by atoms with van der Waals surface area (Å²) in [6, 6.07) is 1.92. The molecule has 0 saturated carbocycles. The number of rotatable bonds is 2. The average Bonchev–Trinajstić information content (AvgIpc) is 2.57. The largest absolute Gasteiger partial charge is 0.466 e. The molecule has 0 aromatic carbocycles. The molecular formula is C9H13NO2. The molecule has 12 heavy (non-hydrogen) atoms. The van der Waals surface area contributed by atoms with E-state index in [9.17, 15) is 5.11 Å². The van der Waals surface area contributed by atoms with Crippen LogP contribution in [0.5, 0.6) is 0 Å². The van der Waals surface area contributed by atoms with E-state index in [-0.39, 0.29) is 0 Å². The van der Waals surface area contributed by atoms with Crippen molar-refractivity contribution in [2.24, 2.45) is 5.73 Å². The zero-order chi connectivity index (χ0) is 8.60. The molecule has 1 heterocycles. The van der Waals surface area contributed by atoms with Crippen LogP contribution in [0.3, 0.4) is 0 Å². The second-order valence-electron chi connectivity index (χ2n) is 3.35. The smallest absolute Gasteiger partial charge is 0.138 e. The number of nitrogens with two attached hydrogens (primary N) is 1. The van der Waals surface area contributed by atoms with Gasteiger partial charge in [0.2, 0.25) is 0 Å². The van der Waals surface area contributed by atoms with E-state index < -0.39 is 5.60 Å². The third kappa shape index (κ3) is 0.974. The lowest BCUT2D eigenvalue weighted by atomic mass is 9.98. The third-order valence-corrected chi connectivity index (χ3v) is 2.54. The van der Waals surface area contributed by atoms with E-state index in [0.29, 0.717) is 13.0 Å². The van der Waals surface area contributed by atoms with Crippen molar-refractivity contribution in [3.8, 4) is 0 Å². The molecule has 0 aliphatic heterocycles. The van der Waals surface area contributed by atoms with Crippen LogP contribution in [-0.4, -0.2) is 11.7 Å². The van der Waals surface area contributed by atoms with Crippen molar-refractivity contribution in [3.63, 3.8) is 0 Å². The minimum absolute atomic E-state index is 0.497. The average molecular weight is 167 g/mol. The maximum Gasteiger partial charge on any atom is 0.138 e. The highest BCUT2D eigenvalue weighted by Crippen LogP contribution is 2.39. The van der Waals surface area contributed by atoms with E-state index >= 15 is 0 Å². The Bertz CT molecular complexity index is 282. The first-order chi connectivity index (χ1) is 5.76. The highest BCUT2D eigenvalue weighted by Gasteiger charge is 2.38. The van der Waals surface area contributed by atoms with E-state index in [1.165, 1.54) is 0 Å². The third-order valence-electron chi connectivity index (χ3n) is 2.54. The number of aliphatic hydroxyl groups is 1. The van der Waals surface area contributed by atoms with E-state index in [4.69, 9.17) is 10.2 Å². The van der Waals surface area contributed by atoms with Crippen LogP contribution in [-0.2, 0) is 12.0 Å². The van der Waals surface area contributed by atoms with Gasteiger partial charge in [-0.3, -0.25) is 0 Å². The lowest BCUT2D eigenvalue weighted by molar-refractivity contribution is 0.0117. The van der Waals surface area contributed by atoms with Crippen LogP contribution < -0.4 is 5.73 Å². The van der Waals surface area contributed by atoms with Crippen LogP contribution in [0.2, 0.25) is 0 Å². The molecule has 66 valence electrons. The maximum atomic E-state index is 10.1. The lowest BCUT2D eigenvalue weighted by Gasteiger charge is -2.19. The molecule has 1 aromatic heterocycles. The van der Waals surface area contributed by atoms with Crippen molar-refractivity contribution < 1.29 is 9.52 Å². The van der Waals surface area contributed by atoms with Crippen molar-refractivity contribution in [1.82, 2.24) is 0 Å². The zero-order valence-electron chi connectivity index (χ0n) is 6.92. The van der Waals surface area contributed by atoms with Gasteiger partial charge in [0.05, 0.1) is 6.26 Å². The maximum absolute atomic E-state index is 10.1. The number of hydrogen-bond acceptors (Lipinski definition) is 3. The summed E-state index contributed by atoms with van der Waals surface area (Å²) >= 11 is 0. The molecule has 1 aliphatic carbocycles. The molecule has 3 heteroatoms. The molecule has 2 rings (SSSR count). The minimum Gasteiger partial charge on any atom is -0.466 e. The molecule has 3 nitrogen and oxygen atoms in total. The summed E-state index contributed by atoms with van der Waals surface area (Å²) in [6.07, 6.45) is 3.88. The Labute approximate surface area is 71.2 Å². The molecule has 1 aromatic rings. The fourth-order valence-electron chi connectivity index (χ4n) is 1.87. The lowest BCUT2D eigenvalue weighted by Crippen LogP contribution is -2.25. The van der Waals surface area contributed by atoms with Gasteiger partial charge in [-0.25, -0.2) is 0 Å². The van der Waals surface area contributed by atoms with Crippen molar-refractivity contribution in [2.75, 3.05) is 6.54 Å². The number of furan rings is 1. The zero-order valence-corrected chi connectivity index (χ0v) is 6.92. The van der Waals surface area contributed by atoms with Gasteiger partial charge in [0, 0.05) is 0 Å². The van der Waals surface area contributed by atoms with Crippen molar-refractivity contribution in [2.45, 2.75) is 24.9 Å². The number of aryl methyl sites for hydroxylation is 1. The van der Waals surface area contributed by atoms with Crippen LogP contribution in [0.4, 0.5) is 0 Å². The second kappa shape index (κ2) is 2.61. The van der Waals surface area contributed by atoms with Gasteiger partial charge >= 0.3 is 0 Å². The first kappa shape index (κ1) is 7.83. The van der Waals surface area contributed by atoms with Crippen molar-refractivity contribution in [1.29, 1.82) is 0 Å². The van der Waals surface area contributed by atoms with Crippen molar-refractivity contribution >= 4 is 0 Å². The Balaban J connectivity index is 2.31. The standard InChI is InChI=1S/C9H13NO2/c10-5-4-9(11)3-1-7-2-6-12-8(7)9/h2,6,11H,1,3-5,10H2. The molecule has 1 unspecified atom stereocenters. The molecule has 0 bridgehead atoms. The van der Waals surface area contributed by atoms with Crippen LogP contribution >= 0.6 is 0 Å². The Morgan fingerprint density at radius 1 is 1.67 bits per heavy atom. The molecule has 1 atom stereocenters. The Morgan fingerprint density at radius 3 is 3.25 bits per heavy atom. The number of hydrogen-bond donors (Lipinski definition) is 2. The fourth-order valence-corrected chi connectivity index (χ4v) is 1.87. The van der Waals surface area contributed by atoms with E-state index in [0.717, 1.165) is 24.2 Å². The molecule has 1 aliphatic rings. The summed E-state index contributed by atoms with van der Waals surface area (Å²) in [6.45, 7) is 0.497.